The van der Waals surface area contributed by atoms with Crippen LogP contribution in [0.2, 0.25) is 0 Å². The molecule has 0 amide bonds. The average Bonchev–Trinajstić information content (AvgIpc) is 2.93. The summed E-state index contributed by atoms with van der Waals surface area (Å²) in [5, 5.41) is 0. The predicted octanol–water partition coefficient (Wildman–Crippen LogP) is 4.42. The number of hydrogen-bond donors (Lipinski definition) is 0. The molecular weight excluding hydrogens is 300 g/mol. The van der Waals surface area contributed by atoms with Crippen LogP contribution in [-0.2, 0) is 4.79 Å². The van der Waals surface area contributed by atoms with Gasteiger partial charge in [-0.3, -0.25) is 9.59 Å². The summed E-state index contributed by atoms with van der Waals surface area (Å²) in [6.07, 6.45) is -0.333. The molecule has 1 aliphatic rings. The molecule has 0 radical (unpaired) electrons. The Balaban J connectivity index is 1.94. The fourth-order valence-corrected chi connectivity index (χ4v) is 3.00. The maximum absolute atomic E-state index is 12.9. The van der Waals surface area contributed by atoms with Crippen LogP contribution in [0.4, 0.5) is 0 Å². The smallest absolute Gasteiger partial charge is 0.203 e. The zero-order valence-electron chi connectivity index (χ0n) is 14.3. The first kappa shape index (κ1) is 16.4. The molecule has 0 aliphatic carbocycles. The summed E-state index contributed by atoms with van der Waals surface area (Å²) < 4.78 is 5.95. The van der Waals surface area contributed by atoms with Crippen molar-refractivity contribution >= 4 is 11.6 Å². The van der Waals surface area contributed by atoms with Crippen molar-refractivity contribution in [1.29, 1.82) is 0 Å². The largest absolute Gasteiger partial charge is 0.481 e. The molecule has 1 aliphatic heterocycles. The van der Waals surface area contributed by atoms with E-state index in [4.69, 9.17) is 4.74 Å². The Hall–Kier alpha value is -2.42. The van der Waals surface area contributed by atoms with Gasteiger partial charge in [-0.05, 0) is 6.07 Å². The van der Waals surface area contributed by atoms with E-state index >= 15 is 0 Å². The molecule has 0 N–H and O–H groups in total. The number of carbonyl (C=O) groups excluding carboxylic acids is 2. The van der Waals surface area contributed by atoms with E-state index in [2.05, 4.69) is 0 Å². The number of benzene rings is 2. The molecule has 24 heavy (non-hydrogen) atoms. The number of carbonyl (C=O) groups is 2. The molecule has 2 aromatic carbocycles. The van der Waals surface area contributed by atoms with Crippen LogP contribution in [0, 0.1) is 5.41 Å². The van der Waals surface area contributed by atoms with Gasteiger partial charge in [0, 0.05) is 28.9 Å². The lowest BCUT2D eigenvalue weighted by Gasteiger charge is -2.22. The number of ketones is 2. The van der Waals surface area contributed by atoms with Gasteiger partial charge in [0.2, 0.25) is 5.78 Å². The van der Waals surface area contributed by atoms with Crippen LogP contribution in [0.15, 0.2) is 54.6 Å². The van der Waals surface area contributed by atoms with E-state index in [9.17, 15) is 9.59 Å². The highest BCUT2D eigenvalue weighted by Crippen LogP contribution is 2.42. The molecule has 0 unspecified atom stereocenters. The molecule has 0 saturated carbocycles. The Morgan fingerprint density at radius 3 is 2.25 bits per heavy atom. The van der Waals surface area contributed by atoms with Crippen molar-refractivity contribution < 1.29 is 14.3 Å². The SMILES string of the molecule is CC(C)(C)C(=O)C[C@@H]1c2ccccc2O[C@H]1C(=O)c1ccccc1. The van der Waals surface area contributed by atoms with Crippen LogP contribution in [0.25, 0.3) is 0 Å². The van der Waals surface area contributed by atoms with E-state index in [1.54, 1.807) is 12.1 Å². The Morgan fingerprint density at radius 1 is 0.958 bits per heavy atom. The topological polar surface area (TPSA) is 43.4 Å². The summed E-state index contributed by atoms with van der Waals surface area (Å²) in [6, 6.07) is 16.8. The molecule has 3 rings (SSSR count). The van der Waals surface area contributed by atoms with E-state index in [0.29, 0.717) is 17.7 Å². The summed E-state index contributed by atoms with van der Waals surface area (Å²) >= 11 is 0. The number of rotatable bonds is 4. The summed E-state index contributed by atoms with van der Waals surface area (Å²) in [5.74, 6) is 0.538. The minimum Gasteiger partial charge on any atom is -0.481 e. The predicted molar refractivity (Wildman–Crippen MR) is 93.5 cm³/mol. The molecule has 0 spiro atoms. The van der Waals surface area contributed by atoms with Crippen molar-refractivity contribution in [3.05, 3.63) is 65.7 Å². The van der Waals surface area contributed by atoms with Crippen LogP contribution in [0.3, 0.4) is 0 Å². The molecule has 0 aromatic heterocycles. The maximum Gasteiger partial charge on any atom is 0.203 e. The van der Waals surface area contributed by atoms with Crippen molar-refractivity contribution in [3.63, 3.8) is 0 Å². The van der Waals surface area contributed by atoms with Crippen LogP contribution >= 0.6 is 0 Å². The van der Waals surface area contributed by atoms with E-state index in [-0.39, 0.29) is 17.5 Å². The number of para-hydroxylation sites is 1. The van der Waals surface area contributed by atoms with Crippen molar-refractivity contribution in [1.82, 2.24) is 0 Å². The quantitative estimate of drug-likeness (QED) is 0.783. The van der Waals surface area contributed by atoms with Gasteiger partial charge in [0.25, 0.3) is 0 Å². The van der Waals surface area contributed by atoms with Crippen molar-refractivity contribution in [2.45, 2.75) is 39.2 Å². The molecule has 1 heterocycles. The fraction of sp³-hybridized carbons (Fsp3) is 0.333. The van der Waals surface area contributed by atoms with E-state index in [0.717, 1.165) is 5.56 Å². The van der Waals surface area contributed by atoms with Crippen molar-refractivity contribution in [2.75, 3.05) is 0 Å². The standard InChI is InChI=1S/C21H22O3/c1-21(2,3)18(22)13-16-15-11-7-8-12-17(15)24-20(16)19(23)14-9-5-4-6-10-14/h4-12,16,20H,13H2,1-3H3/t16-,20-/m1/s1. The van der Waals surface area contributed by atoms with Gasteiger partial charge >= 0.3 is 0 Å². The second kappa shape index (κ2) is 6.23. The lowest BCUT2D eigenvalue weighted by molar-refractivity contribution is -0.126. The summed E-state index contributed by atoms with van der Waals surface area (Å²) in [5.41, 5.74) is 1.13. The zero-order valence-corrected chi connectivity index (χ0v) is 14.3. The number of hydrogen-bond acceptors (Lipinski definition) is 3. The molecule has 124 valence electrons. The molecular formula is C21H22O3. The van der Waals surface area contributed by atoms with Gasteiger partial charge < -0.3 is 4.74 Å². The summed E-state index contributed by atoms with van der Waals surface area (Å²) in [6.45, 7) is 5.72. The number of ether oxygens (including phenoxy) is 1. The second-order valence-corrected chi connectivity index (χ2v) is 7.29. The second-order valence-electron chi connectivity index (χ2n) is 7.29. The summed E-state index contributed by atoms with van der Waals surface area (Å²) in [4.78, 5) is 25.5. The Kier molecular flexibility index (Phi) is 4.27. The third-order valence-corrected chi connectivity index (χ3v) is 4.50. The molecule has 3 heteroatoms. The first-order valence-corrected chi connectivity index (χ1v) is 8.26. The average molecular weight is 322 g/mol. The lowest BCUT2D eigenvalue weighted by atomic mass is 9.80. The molecule has 2 aromatic rings. The molecule has 0 fully saturated rings. The van der Waals surface area contributed by atoms with Gasteiger partial charge in [-0.25, -0.2) is 0 Å². The highest BCUT2D eigenvalue weighted by atomic mass is 16.5. The molecule has 0 saturated heterocycles. The van der Waals surface area contributed by atoms with Crippen molar-refractivity contribution in [2.24, 2.45) is 5.41 Å². The molecule has 2 atom stereocenters. The maximum atomic E-state index is 12.9. The van der Waals surface area contributed by atoms with Gasteiger partial charge in [0.05, 0.1) is 0 Å². The van der Waals surface area contributed by atoms with Gasteiger partial charge in [-0.1, -0.05) is 69.3 Å². The lowest BCUT2D eigenvalue weighted by Crippen LogP contribution is -2.32. The zero-order chi connectivity index (χ0) is 17.3. The number of Topliss-reactive ketones (excluding diaryl/α,β-unsaturated/α-hetero) is 2. The summed E-state index contributed by atoms with van der Waals surface area (Å²) in [7, 11) is 0. The van der Waals surface area contributed by atoms with Gasteiger partial charge in [0.1, 0.15) is 11.5 Å². The first-order chi connectivity index (χ1) is 11.4. The third-order valence-electron chi connectivity index (χ3n) is 4.50. The Bertz CT molecular complexity index is 756. The van der Waals surface area contributed by atoms with Crippen LogP contribution in [0.1, 0.15) is 49.0 Å². The van der Waals surface area contributed by atoms with E-state index in [1.807, 2.05) is 63.2 Å². The van der Waals surface area contributed by atoms with Crippen LogP contribution in [0.5, 0.6) is 5.75 Å². The fourth-order valence-electron chi connectivity index (χ4n) is 3.00. The minimum absolute atomic E-state index is 0.0708. The normalized spacial score (nSPS) is 19.5. The van der Waals surface area contributed by atoms with Gasteiger partial charge in [-0.15, -0.1) is 0 Å². The first-order valence-electron chi connectivity index (χ1n) is 8.26. The molecule has 0 bridgehead atoms. The van der Waals surface area contributed by atoms with E-state index in [1.165, 1.54) is 0 Å². The van der Waals surface area contributed by atoms with Crippen LogP contribution in [-0.4, -0.2) is 17.7 Å². The van der Waals surface area contributed by atoms with Gasteiger partial charge in [-0.2, -0.15) is 0 Å². The van der Waals surface area contributed by atoms with E-state index < -0.39 is 11.5 Å². The highest BCUT2D eigenvalue weighted by molar-refractivity contribution is 6.01. The van der Waals surface area contributed by atoms with Crippen molar-refractivity contribution in [3.8, 4) is 5.75 Å². The third kappa shape index (κ3) is 3.12. The monoisotopic (exact) mass is 322 g/mol. The van der Waals surface area contributed by atoms with Crippen LogP contribution < -0.4 is 4.74 Å². The Labute approximate surface area is 142 Å². The van der Waals surface area contributed by atoms with Gasteiger partial charge in [0.15, 0.2) is 6.10 Å². The highest BCUT2D eigenvalue weighted by Gasteiger charge is 2.41. The minimum atomic E-state index is -0.643. The number of fused-ring (bicyclic) bond motifs is 1. The molecule has 3 nitrogen and oxygen atoms in total. The Morgan fingerprint density at radius 2 is 1.58 bits per heavy atom.